The zero-order valence-corrected chi connectivity index (χ0v) is 14.0. The predicted molar refractivity (Wildman–Crippen MR) is 86.1 cm³/mol. The smallest absolute Gasteiger partial charge is 0.257 e. The normalized spacial score (nSPS) is 12.0. The summed E-state index contributed by atoms with van der Waals surface area (Å²) in [7, 11) is 1.65. The summed E-state index contributed by atoms with van der Waals surface area (Å²) >= 11 is 9.06. The number of nitrogens with zero attached hydrogens (tertiary/aromatic N) is 1. The van der Waals surface area contributed by atoms with Gasteiger partial charge in [-0.25, -0.2) is 4.39 Å². The maximum absolute atomic E-state index is 14.0. The summed E-state index contributed by atoms with van der Waals surface area (Å²) < 4.78 is 14.3. The van der Waals surface area contributed by atoms with Crippen LogP contribution in [-0.4, -0.2) is 17.9 Å². The van der Waals surface area contributed by atoms with Gasteiger partial charge in [0, 0.05) is 12.1 Å². The summed E-state index contributed by atoms with van der Waals surface area (Å²) in [5, 5.41) is 0.605. The van der Waals surface area contributed by atoms with Crippen LogP contribution in [0.3, 0.4) is 0 Å². The van der Waals surface area contributed by atoms with Gasteiger partial charge in [0.15, 0.2) is 0 Å². The lowest BCUT2D eigenvalue weighted by molar-refractivity contribution is 0.0737. The van der Waals surface area contributed by atoms with Gasteiger partial charge in [-0.3, -0.25) is 4.79 Å². The molecule has 0 bridgehead atoms. The third kappa shape index (κ3) is 3.44. The highest BCUT2D eigenvalue weighted by Crippen LogP contribution is 2.25. The molecule has 0 fully saturated rings. The van der Waals surface area contributed by atoms with Crippen LogP contribution in [0.2, 0.25) is 5.02 Å². The topological polar surface area (TPSA) is 20.3 Å². The fourth-order valence-electron chi connectivity index (χ4n) is 2.02. The fraction of sp³-hybridized carbons (Fsp3) is 0.188. The first-order valence-corrected chi connectivity index (χ1v) is 7.55. The van der Waals surface area contributed by atoms with Crippen LogP contribution >= 0.6 is 27.5 Å². The monoisotopic (exact) mass is 369 g/mol. The van der Waals surface area contributed by atoms with E-state index in [1.807, 2.05) is 19.1 Å². The zero-order valence-electron chi connectivity index (χ0n) is 11.6. The zero-order chi connectivity index (χ0) is 15.6. The van der Waals surface area contributed by atoms with Gasteiger partial charge in [0.2, 0.25) is 0 Å². The van der Waals surface area contributed by atoms with E-state index in [2.05, 4.69) is 15.9 Å². The molecule has 2 rings (SSSR count). The van der Waals surface area contributed by atoms with Gasteiger partial charge in [-0.05, 0) is 52.7 Å². The largest absolute Gasteiger partial charge is 0.335 e. The number of rotatable bonds is 3. The molecule has 2 aromatic rings. The lowest BCUT2D eigenvalue weighted by Gasteiger charge is -2.26. The van der Waals surface area contributed by atoms with Gasteiger partial charge in [0.25, 0.3) is 5.91 Å². The second-order valence-electron chi connectivity index (χ2n) is 4.75. The number of carbonyl (C=O) groups excluding carboxylic acids is 1. The summed E-state index contributed by atoms with van der Waals surface area (Å²) in [6, 6.07) is 11.7. The first-order valence-electron chi connectivity index (χ1n) is 6.38. The minimum atomic E-state index is -0.548. The second-order valence-corrected chi connectivity index (χ2v) is 6.04. The third-order valence-electron chi connectivity index (χ3n) is 3.41. The highest BCUT2D eigenvalue weighted by atomic mass is 79.9. The average molecular weight is 371 g/mol. The predicted octanol–water partition coefficient (Wildman–Crippen LogP) is 5.07. The molecule has 1 atom stereocenters. The molecule has 0 aromatic heterocycles. The summed E-state index contributed by atoms with van der Waals surface area (Å²) in [5.41, 5.74) is 0.939. The number of halogens is 3. The Labute approximate surface area is 136 Å². The highest BCUT2D eigenvalue weighted by molar-refractivity contribution is 9.10. The molecule has 0 spiro atoms. The van der Waals surface area contributed by atoms with Gasteiger partial charge >= 0.3 is 0 Å². The van der Waals surface area contributed by atoms with E-state index >= 15 is 0 Å². The van der Waals surface area contributed by atoms with E-state index in [0.717, 1.165) is 5.56 Å². The molecule has 2 nitrogen and oxygen atoms in total. The van der Waals surface area contributed by atoms with Crippen LogP contribution in [0.1, 0.15) is 28.9 Å². The van der Waals surface area contributed by atoms with E-state index in [0.29, 0.717) is 5.02 Å². The SMILES string of the molecule is CC(c1cccc(Cl)c1)N(C)C(=O)c1cccc(Br)c1F. The standard InChI is InChI=1S/C16H14BrClFNO/c1-10(11-5-3-6-12(18)9-11)20(2)16(21)13-7-4-8-14(17)15(13)19/h3-10H,1-2H3. The highest BCUT2D eigenvalue weighted by Gasteiger charge is 2.22. The van der Waals surface area contributed by atoms with E-state index in [1.165, 1.54) is 11.0 Å². The molecule has 2 aromatic carbocycles. The van der Waals surface area contributed by atoms with Crippen molar-refractivity contribution < 1.29 is 9.18 Å². The van der Waals surface area contributed by atoms with E-state index < -0.39 is 5.82 Å². The molecule has 110 valence electrons. The molecule has 0 saturated carbocycles. The molecule has 1 amide bonds. The summed E-state index contributed by atoms with van der Waals surface area (Å²) in [6.07, 6.45) is 0. The van der Waals surface area contributed by atoms with E-state index in [1.54, 1.807) is 31.3 Å². The van der Waals surface area contributed by atoms with Crippen molar-refractivity contribution in [2.75, 3.05) is 7.05 Å². The van der Waals surface area contributed by atoms with Gasteiger partial charge in [0.1, 0.15) is 5.82 Å². The van der Waals surface area contributed by atoms with E-state index in [-0.39, 0.29) is 22.0 Å². The summed E-state index contributed by atoms with van der Waals surface area (Å²) in [4.78, 5) is 13.9. The van der Waals surface area contributed by atoms with Crippen molar-refractivity contribution in [3.63, 3.8) is 0 Å². The lowest BCUT2D eigenvalue weighted by atomic mass is 10.1. The minimum Gasteiger partial charge on any atom is -0.335 e. The minimum absolute atomic E-state index is 0.0424. The molecule has 0 N–H and O–H groups in total. The van der Waals surface area contributed by atoms with Crippen LogP contribution in [0.15, 0.2) is 46.9 Å². The fourth-order valence-corrected chi connectivity index (χ4v) is 2.59. The Morgan fingerprint density at radius 2 is 1.95 bits per heavy atom. The Morgan fingerprint density at radius 3 is 2.62 bits per heavy atom. The first kappa shape index (κ1) is 16.0. The molecule has 0 saturated heterocycles. The Hall–Kier alpha value is -1.39. The summed E-state index contributed by atoms with van der Waals surface area (Å²) in [6.45, 7) is 1.87. The number of carbonyl (C=O) groups is 1. The average Bonchev–Trinajstić information content (AvgIpc) is 2.48. The maximum atomic E-state index is 14.0. The molecule has 5 heteroatoms. The van der Waals surface area contributed by atoms with Gasteiger partial charge in [-0.1, -0.05) is 29.8 Å². The van der Waals surface area contributed by atoms with Crippen LogP contribution in [-0.2, 0) is 0 Å². The van der Waals surface area contributed by atoms with Crippen molar-refractivity contribution in [1.29, 1.82) is 0 Å². The second kappa shape index (κ2) is 6.58. The molecule has 21 heavy (non-hydrogen) atoms. The number of hydrogen-bond acceptors (Lipinski definition) is 1. The van der Waals surface area contributed by atoms with Crippen molar-refractivity contribution >= 4 is 33.4 Å². The quantitative estimate of drug-likeness (QED) is 0.738. The molecule has 0 aliphatic heterocycles. The molecule has 0 aliphatic rings. The Balaban J connectivity index is 2.29. The van der Waals surface area contributed by atoms with Crippen LogP contribution in [0.4, 0.5) is 4.39 Å². The third-order valence-corrected chi connectivity index (χ3v) is 4.26. The van der Waals surface area contributed by atoms with Crippen molar-refractivity contribution in [2.24, 2.45) is 0 Å². The molecule has 1 unspecified atom stereocenters. The van der Waals surface area contributed by atoms with Gasteiger partial charge in [-0.2, -0.15) is 0 Å². The van der Waals surface area contributed by atoms with Crippen molar-refractivity contribution in [3.05, 3.63) is 68.9 Å². The van der Waals surface area contributed by atoms with Crippen molar-refractivity contribution in [3.8, 4) is 0 Å². The van der Waals surface area contributed by atoms with E-state index in [4.69, 9.17) is 11.6 Å². The Morgan fingerprint density at radius 1 is 1.29 bits per heavy atom. The number of hydrogen-bond donors (Lipinski definition) is 0. The molecule has 0 aliphatic carbocycles. The van der Waals surface area contributed by atoms with Crippen LogP contribution < -0.4 is 0 Å². The molecular weight excluding hydrogens is 357 g/mol. The number of benzene rings is 2. The maximum Gasteiger partial charge on any atom is 0.257 e. The van der Waals surface area contributed by atoms with Crippen LogP contribution in [0, 0.1) is 5.82 Å². The van der Waals surface area contributed by atoms with Crippen LogP contribution in [0.25, 0.3) is 0 Å². The van der Waals surface area contributed by atoms with Crippen molar-refractivity contribution in [1.82, 2.24) is 4.90 Å². The molecular formula is C16H14BrClFNO. The van der Waals surface area contributed by atoms with Gasteiger partial charge < -0.3 is 4.90 Å². The summed E-state index contributed by atoms with van der Waals surface area (Å²) in [5.74, 6) is -0.922. The Kier molecular flexibility index (Phi) is 5.01. The molecule has 0 heterocycles. The lowest BCUT2D eigenvalue weighted by Crippen LogP contribution is -2.30. The van der Waals surface area contributed by atoms with E-state index in [9.17, 15) is 9.18 Å². The number of amides is 1. The Bertz CT molecular complexity index is 677. The van der Waals surface area contributed by atoms with Crippen LogP contribution in [0.5, 0.6) is 0 Å². The van der Waals surface area contributed by atoms with Gasteiger partial charge in [-0.15, -0.1) is 0 Å². The van der Waals surface area contributed by atoms with Gasteiger partial charge in [0.05, 0.1) is 16.1 Å². The first-order chi connectivity index (χ1) is 9.91. The van der Waals surface area contributed by atoms with Crippen molar-refractivity contribution in [2.45, 2.75) is 13.0 Å². The molecule has 0 radical (unpaired) electrons.